The zero-order valence-corrected chi connectivity index (χ0v) is 9.19. The van der Waals surface area contributed by atoms with Gasteiger partial charge in [0.25, 0.3) is 0 Å². The van der Waals surface area contributed by atoms with Gasteiger partial charge in [-0.15, -0.1) is 0 Å². The van der Waals surface area contributed by atoms with Crippen LogP contribution in [0.2, 0.25) is 0 Å². The van der Waals surface area contributed by atoms with E-state index < -0.39 is 0 Å². The van der Waals surface area contributed by atoms with Crippen molar-refractivity contribution in [1.82, 2.24) is 5.32 Å². The first-order chi connectivity index (χ1) is 7.24. The summed E-state index contributed by atoms with van der Waals surface area (Å²) < 4.78 is 5.10. The minimum absolute atomic E-state index is 0.201. The van der Waals surface area contributed by atoms with Gasteiger partial charge in [0.2, 0.25) is 0 Å². The van der Waals surface area contributed by atoms with E-state index in [4.69, 9.17) is 4.74 Å². The lowest BCUT2D eigenvalue weighted by atomic mass is 10.2. The largest absolute Gasteiger partial charge is 0.464 e. The molecule has 0 saturated carbocycles. The SMILES string of the molecule is CNC(C)C(=O)OCCc1ccccc1. The number of likely N-dealkylation sites (N-methyl/N-ethyl adjacent to an activating group) is 1. The van der Waals surface area contributed by atoms with E-state index in [9.17, 15) is 4.79 Å². The van der Waals surface area contributed by atoms with E-state index in [1.165, 1.54) is 5.56 Å². The molecule has 1 N–H and O–H groups in total. The van der Waals surface area contributed by atoms with Crippen LogP contribution in [0.5, 0.6) is 0 Å². The van der Waals surface area contributed by atoms with Crippen LogP contribution in [-0.2, 0) is 16.0 Å². The molecule has 1 rings (SSSR count). The third-order valence-corrected chi connectivity index (χ3v) is 2.26. The van der Waals surface area contributed by atoms with Gasteiger partial charge in [0.1, 0.15) is 6.04 Å². The highest BCUT2D eigenvalue weighted by Gasteiger charge is 2.10. The summed E-state index contributed by atoms with van der Waals surface area (Å²) in [4.78, 5) is 11.3. The number of hydrogen-bond donors (Lipinski definition) is 1. The van der Waals surface area contributed by atoms with Gasteiger partial charge in [-0.1, -0.05) is 30.3 Å². The van der Waals surface area contributed by atoms with Crippen LogP contribution in [0.3, 0.4) is 0 Å². The first-order valence-electron chi connectivity index (χ1n) is 5.12. The third kappa shape index (κ3) is 4.13. The van der Waals surface area contributed by atoms with Gasteiger partial charge < -0.3 is 10.1 Å². The van der Waals surface area contributed by atoms with Crippen LogP contribution in [0.15, 0.2) is 30.3 Å². The van der Waals surface area contributed by atoms with Crippen LogP contribution in [0.4, 0.5) is 0 Å². The number of hydrogen-bond acceptors (Lipinski definition) is 3. The Morgan fingerprint density at radius 2 is 2.07 bits per heavy atom. The summed E-state index contributed by atoms with van der Waals surface area (Å²) >= 11 is 0. The monoisotopic (exact) mass is 207 g/mol. The summed E-state index contributed by atoms with van der Waals surface area (Å²) in [5, 5.41) is 2.84. The number of carbonyl (C=O) groups is 1. The molecule has 1 unspecified atom stereocenters. The fourth-order valence-electron chi connectivity index (χ4n) is 1.16. The van der Waals surface area contributed by atoms with Crippen LogP contribution in [0.1, 0.15) is 12.5 Å². The number of nitrogens with one attached hydrogen (secondary N) is 1. The van der Waals surface area contributed by atoms with Crippen molar-refractivity contribution in [2.24, 2.45) is 0 Å². The maximum Gasteiger partial charge on any atom is 0.322 e. The minimum atomic E-state index is -0.235. The van der Waals surface area contributed by atoms with Gasteiger partial charge in [-0.2, -0.15) is 0 Å². The molecular weight excluding hydrogens is 190 g/mol. The molecule has 0 saturated heterocycles. The van der Waals surface area contributed by atoms with Crippen molar-refractivity contribution in [2.75, 3.05) is 13.7 Å². The number of rotatable bonds is 5. The Labute approximate surface area is 90.4 Å². The van der Waals surface area contributed by atoms with Crippen LogP contribution < -0.4 is 5.32 Å². The first kappa shape index (κ1) is 11.7. The van der Waals surface area contributed by atoms with Crippen molar-refractivity contribution in [3.8, 4) is 0 Å². The molecule has 0 aliphatic carbocycles. The molecule has 0 radical (unpaired) electrons. The Hall–Kier alpha value is -1.35. The quantitative estimate of drug-likeness (QED) is 0.741. The molecular formula is C12H17NO2. The molecule has 0 bridgehead atoms. The van der Waals surface area contributed by atoms with Crippen molar-refractivity contribution in [3.63, 3.8) is 0 Å². The molecule has 1 aromatic rings. The van der Waals surface area contributed by atoms with Crippen LogP contribution in [0, 0.1) is 0 Å². The van der Waals surface area contributed by atoms with E-state index in [2.05, 4.69) is 5.32 Å². The topological polar surface area (TPSA) is 38.3 Å². The van der Waals surface area contributed by atoms with Crippen LogP contribution >= 0.6 is 0 Å². The van der Waals surface area contributed by atoms with Crippen molar-refractivity contribution in [2.45, 2.75) is 19.4 Å². The highest BCUT2D eigenvalue weighted by Crippen LogP contribution is 2.00. The molecule has 0 spiro atoms. The van der Waals surface area contributed by atoms with Gasteiger partial charge in [-0.25, -0.2) is 0 Å². The molecule has 0 aliphatic rings. The predicted octanol–water partition coefficient (Wildman–Crippen LogP) is 1.38. The van der Waals surface area contributed by atoms with Gasteiger partial charge >= 0.3 is 5.97 Å². The van der Waals surface area contributed by atoms with Crippen molar-refractivity contribution < 1.29 is 9.53 Å². The van der Waals surface area contributed by atoms with Crippen molar-refractivity contribution in [1.29, 1.82) is 0 Å². The maximum atomic E-state index is 11.3. The molecule has 1 aromatic carbocycles. The average Bonchev–Trinajstić information content (AvgIpc) is 2.29. The fourth-order valence-corrected chi connectivity index (χ4v) is 1.16. The van der Waals surface area contributed by atoms with Gasteiger partial charge in [-0.05, 0) is 19.5 Å². The van der Waals surface area contributed by atoms with Gasteiger partial charge in [-0.3, -0.25) is 4.79 Å². The minimum Gasteiger partial charge on any atom is -0.464 e. The molecule has 15 heavy (non-hydrogen) atoms. The van der Waals surface area contributed by atoms with Gasteiger partial charge in [0.15, 0.2) is 0 Å². The smallest absolute Gasteiger partial charge is 0.322 e. The third-order valence-electron chi connectivity index (χ3n) is 2.26. The summed E-state index contributed by atoms with van der Waals surface area (Å²) in [6.45, 7) is 2.22. The van der Waals surface area contributed by atoms with E-state index >= 15 is 0 Å². The maximum absolute atomic E-state index is 11.3. The number of ether oxygens (including phenoxy) is 1. The highest BCUT2D eigenvalue weighted by molar-refractivity contribution is 5.75. The molecule has 0 aliphatic heterocycles. The van der Waals surface area contributed by atoms with Crippen molar-refractivity contribution >= 4 is 5.97 Å². The molecule has 0 fully saturated rings. The average molecular weight is 207 g/mol. The molecule has 1 atom stereocenters. The zero-order valence-electron chi connectivity index (χ0n) is 9.19. The van der Waals surface area contributed by atoms with E-state index in [-0.39, 0.29) is 12.0 Å². The Morgan fingerprint density at radius 1 is 1.40 bits per heavy atom. The fraction of sp³-hybridized carbons (Fsp3) is 0.417. The normalized spacial score (nSPS) is 12.1. The summed E-state index contributed by atoms with van der Waals surface area (Å²) in [6, 6.07) is 9.74. The number of carbonyl (C=O) groups excluding carboxylic acids is 1. The van der Waals surface area contributed by atoms with Gasteiger partial charge in [0.05, 0.1) is 6.61 Å². The Balaban J connectivity index is 2.25. The van der Waals surface area contributed by atoms with E-state index in [1.54, 1.807) is 14.0 Å². The van der Waals surface area contributed by atoms with E-state index in [0.717, 1.165) is 6.42 Å². The lowest BCUT2D eigenvalue weighted by Crippen LogP contribution is -2.32. The highest BCUT2D eigenvalue weighted by atomic mass is 16.5. The summed E-state index contributed by atoms with van der Waals surface area (Å²) in [7, 11) is 1.74. The van der Waals surface area contributed by atoms with Crippen molar-refractivity contribution in [3.05, 3.63) is 35.9 Å². The van der Waals surface area contributed by atoms with E-state index in [1.807, 2.05) is 30.3 Å². The predicted molar refractivity (Wildman–Crippen MR) is 59.6 cm³/mol. The molecule has 0 aromatic heterocycles. The molecule has 0 heterocycles. The molecule has 82 valence electrons. The van der Waals surface area contributed by atoms with E-state index in [0.29, 0.717) is 6.61 Å². The second kappa shape index (κ2) is 6.19. The summed E-state index contributed by atoms with van der Waals surface area (Å²) in [5.74, 6) is -0.201. The number of esters is 1. The second-order valence-corrected chi connectivity index (χ2v) is 3.41. The van der Waals surface area contributed by atoms with Crippen LogP contribution in [0.25, 0.3) is 0 Å². The molecule has 0 amide bonds. The second-order valence-electron chi connectivity index (χ2n) is 3.41. The zero-order chi connectivity index (χ0) is 11.1. The summed E-state index contributed by atoms with van der Waals surface area (Å²) in [6.07, 6.45) is 0.767. The number of benzene rings is 1. The molecule has 3 nitrogen and oxygen atoms in total. The van der Waals surface area contributed by atoms with Crippen LogP contribution in [-0.4, -0.2) is 25.7 Å². The Bertz CT molecular complexity index is 298. The lowest BCUT2D eigenvalue weighted by Gasteiger charge is -2.09. The molecule has 3 heteroatoms. The van der Waals surface area contributed by atoms with Gasteiger partial charge in [0, 0.05) is 6.42 Å². The Morgan fingerprint density at radius 3 is 2.67 bits per heavy atom. The first-order valence-corrected chi connectivity index (χ1v) is 5.12. The Kier molecular flexibility index (Phi) is 4.84. The lowest BCUT2D eigenvalue weighted by molar-refractivity contribution is -0.145. The summed E-state index contributed by atoms with van der Waals surface area (Å²) in [5.41, 5.74) is 1.18. The standard InChI is InChI=1S/C12H17NO2/c1-10(13-2)12(14)15-9-8-11-6-4-3-5-7-11/h3-7,10,13H,8-9H2,1-2H3.